The Morgan fingerprint density at radius 3 is 2.42 bits per heavy atom. The topological polar surface area (TPSA) is 95.4 Å². The van der Waals surface area contributed by atoms with Crippen LogP contribution >= 0.6 is 0 Å². The molecule has 1 aromatic carbocycles. The van der Waals surface area contributed by atoms with E-state index in [0.717, 1.165) is 49.9 Å². The minimum Gasteiger partial charge on any atom is -0.465 e. The minimum absolute atomic E-state index is 0.101. The zero-order valence-corrected chi connectivity index (χ0v) is 18.1. The number of esters is 1. The quantitative estimate of drug-likeness (QED) is 0.432. The second-order valence-corrected chi connectivity index (χ2v) is 9.12. The highest BCUT2D eigenvalue weighted by atomic mass is 19.1. The fraction of sp³-hybridized carbons (Fsp3) is 0.375. The molecule has 3 aliphatic rings. The molecule has 2 bridgehead atoms. The van der Waals surface area contributed by atoms with Crippen LogP contribution in [0.5, 0.6) is 0 Å². The Bertz CT molecular complexity index is 1340. The second kappa shape index (κ2) is 7.19. The molecule has 0 N–H and O–H groups in total. The predicted octanol–water partition coefficient (Wildman–Crippen LogP) is 4.25. The van der Waals surface area contributed by atoms with Crippen molar-refractivity contribution in [3.63, 3.8) is 0 Å². The number of carbonyl (C=O) groups excluding carboxylic acids is 1. The summed E-state index contributed by atoms with van der Waals surface area (Å²) in [6.45, 7) is 0. The van der Waals surface area contributed by atoms with Crippen molar-refractivity contribution in [2.75, 3.05) is 7.11 Å². The van der Waals surface area contributed by atoms with Gasteiger partial charge in [-0.15, -0.1) is 10.2 Å². The Hall–Kier alpha value is -3.62. The smallest absolute Gasteiger partial charge is 0.341 e. The lowest BCUT2D eigenvalue weighted by molar-refractivity contribution is 0.0602. The Balaban J connectivity index is 1.29. The van der Waals surface area contributed by atoms with Crippen LogP contribution in [0.2, 0.25) is 0 Å². The molecule has 3 heterocycles. The molecule has 3 aromatic heterocycles. The zero-order chi connectivity index (χ0) is 22.6. The number of hydrogen-bond acceptors (Lipinski definition) is 7. The van der Waals surface area contributed by atoms with Gasteiger partial charge >= 0.3 is 5.97 Å². The second-order valence-electron chi connectivity index (χ2n) is 9.12. The number of halogens is 1. The number of pyridine rings is 1. The first-order chi connectivity index (χ1) is 16.0. The van der Waals surface area contributed by atoms with Crippen molar-refractivity contribution in [1.82, 2.24) is 24.7 Å². The number of ether oxygens (including phenoxy) is 1. The highest BCUT2D eigenvalue weighted by Gasteiger charge is 2.54. The van der Waals surface area contributed by atoms with Gasteiger partial charge < -0.3 is 9.26 Å². The minimum atomic E-state index is -0.420. The lowest BCUT2D eigenvalue weighted by Gasteiger charge is -2.50. The molecule has 7 rings (SSSR count). The molecule has 0 amide bonds. The van der Waals surface area contributed by atoms with Crippen molar-refractivity contribution < 1.29 is 18.4 Å². The van der Waals surface area contributed by atoms with Crippen molar-refractivity contribution in [1.29, 1.82) is 0 Å². The van der Waals surface area contributed by atoms with Crippen LogP contribution in [0.1, 0.15) is 60.6 Å². The van der Waals surface area contributed by atoms with Crippen LogP contribution in [-0.2, 0) is 15.6 Å². The monoisotopic (exact) mass is 447 g/mol. The number of fused-ring (bicyclic) bond motifs is 4. The molecule has 33 heavy (non-hydrogen) atoms. The molecule has 0 spiro atoms. The van der Waals surface area contributed by atoms with Gasteiger partial charge in [0.05, 0.1) is 7.11 Å². The fourth-order valence-corrected chi connectivity index (χ4v) is 5.54. The van der Waals surface area contributed by atoms with Gasteiger partial charge in [-0.1, -0.05) is 5.16 Å². The summed E-state index contributed by atoms with van der Waals surface area (Å²) in [5.74, 6) is 1.33. The van der Waals surface area contributed by atoms with Gasteiger partial charge in [0.1, 0.15) is 17.2 Å². The average molecular weight is 447 g/mol. The molecule has 0 saturated heterocycles. The van der Waals surface area contributed by atoms with E-state index in [-0.39, 0.29) is 16.6 Å². The standard InChI is InChI=1S/C24H22FN5O3/c1-32-20(31)17-3-2-14-30-19(17)27-28-21(30)23-8-11-24(12-9-23,13-10-23)22-26-18(29-33-22)15-4-6-16(25)7-5-15/h2-7,14H,8-13H2,1H3. The summed E-state index contributed by atoms with van der Waals surface area (Å²) in [6, 6.07) is 9.65. The Kier molecular flexibility index (Phi) is 4.36. The van der Waals surface area contributed by atoms with Crippen LogP contribution in [0.4, 0.5) is 4.39 Å². The van der Waals surface area contributed by atoms with Crippen molar-refractivity contribution in [2.24, 2.45) is 0 Å². The molecule has 3 fully saturated rings. The van der Waals surface area contributed by atoms with E-state index in [4.69, 9.17) is 14.2 Å². The maximum Gasteiger partial charge on any atom is 0.341 e. The SMILES string of the molecule is COC(=O)c1cccn2c(C34CCC(c5nc(-c6ccc(F)cc6)no5)(CC3)CC4)nnc12. The average Bonchev–Trinajstić information content (AvgIpc) is 3.54. The van der Waals surface area contributed by atoms with E-state index in [2.05, 4.69) is 15.4 Å². The van der Waals surface area contributed by atoms with Crippen LogP contribution in [0, 0.1) is 5.82 Å². The summed E-state index contributed by atoms with van der Waals surface area (Å²) in [5, 5.41) is 13.0. The third-order valence-corrected chi connectivity index (χ3v) is 7.54. The Labute approximate surface area is 188 Å². The van der Waals surface area contributed by atoms with Gasteiger partial charge in [0.2, 0.25) is 11.7 Å². The van der Waals surface area contributed by atoms with E-state index >= 15 is 0 Å². The number of carbonyl (C=O) groups is 1. The van der Waals surface area contributed by atoms with Crippen LogP contribution < -0.4 is 0 Å². The number of rotatable bonds is 4. The molecule has 4 aromatic rings. The predicted molar refractivity (Wildman–Crippen MR) is 115 cm³/mol. The van der Waals surface area contributed by atoms with E-state index in [0.29, 0.717) is 22.9 Å². The summed E-state index contributed by atoms with van der Waals surface area (Å²) >= 11 is 0. The highest BCUT2D eigenvalue weighted by Crippen LogP contribution is 2.58. The van der Waals surface area contributed by atoms with E-state index in [1.165, 1.54) is 19.2 Å². The van der Waals surface area contributed by atoms with E-state index in [1.807, 2.05) is 16.7 Å². The molecule has 3 saturated carbocycles. The maximum atomic E-state index is 13.3. The number of benzene rings is 1. The maximum absolute atomic E-state index is 13.3. The number of nitrogens with zero attached hydrogens (tertiary/aromatic N) is 5. The lowest BCUT2D eigenvalue weighted by Crippen LogP contribution is -2.47. The van der Waals surface area contributed by atoms with Gasteiger partial charge in [-0.25, -0.2) is 9.18 Å². The van der Waals surface area contributed by atoms with Gasteiger partial charge in [0.25, 0.3) is 0 Å². The first kappa shape index (κ1) is 20.0. The van der Waals surface area contributed by atoms with Crippen LogP contribution in [0.3, 0.4) is 0 Å². The molecule has 0 aliphatic heterocycles. The van der Waals surface area contributed by atoms with Crippen LogP contribution in [-0.4, -0.2) is 37.8 Å². The van der Waals surface area contributed by atoms with Gasteiger partial charge in [0, 0.05) is 22.6 Å². The first-order valence-electron chi connectivity index (χ1n) is 11.1. The summed E-state index contributed by atoms with van der Waals surface area (Å²) in [7, 11) is 1.36. The van der Waals surface area contributed by atoms with Gasteiger partial charge in [-0.2, -0.15) is 4.98 Å². The first-order valence-corrected chi connectivity index (χ1v) is 11.1. The number of methoxy groups -OCH3 is 1. The summed E-state index contributed by atoms with van der Waals surface area (Å²) in [5.41, 5.74) is 1.42. The third-order valence-electron chi connectivity index (χ3n) is 7.54. The van der Waals surface area contributed by atoms with Crippen molar-refractivity contribution in [3.8, 4) is 11.4 Å². The summed E-state index contributed by atoms with van der Waals surface area (Å²) in [4.78, 5) is 16.8. The van der Waals surface area contributed by atoms with Crippen molar-refractivity contribution in [3.05, 3.63) is 65.7 Å². The van der Waals surface area contributed by atoms with Crippen molar-refractivity contribution >= 4 is 11.6 Å². The molecular formula is C24H22FN5O3. The van der Waals surface area contributed by atoms with Crippen LogP contribution in [0.25, 0.3) is 17.0 Å². The third kappa shape index (κ3) is 2.98. The number of aromatic nitrogens is 5. The molecular weight excluding hydrogens is 425 g/mol. The van der Waals surface area contributed by atoms with E-state index in [9.17, 15) is 9.18 Å². The molecule has 8 nitrogen and oxygen atoms in total. The molecule has 168 valence electrons. The molecule has 0 unspecified atom stereocenters. The van der Waals surface area contributed by atoms with E-state index < -0.39 is 5.97 Å². The molecule has 0 atom stereocenters. The van der Waals surface area contributed by atoms with E-state index in [1.54, 1.807) is 18.2 Å². The van der Waals surface area contributed by atoms with Gasteiger partial charge in [0.15, 0.2) is 5.65 Å². The fourth-order valence-electron chi connectivity index (χ4n) is 5.54. The van der Waals surface area contributed by atoms with Gasteiger partial charge in [-0.05, 0) is 74.9 Å². The Morgan fingerprint density at radius 2 is 1.73 bits per heavy atom. The normalized spacial score (nSPS) is 24.3. The van der Waals surface area contributed by atoms with Crippen molar-refractivity contribution in [2.45, 2.75) is 49.4 Å². The molecule has 0 radical (unpaired) electrons. The highest BCUT2D eigenvalue weighted by molar-refractivity contribution is 5.95. The molecule has 3 aliphatic carbocycles. The Morgan fingerprint density at radius 1 is 1.03 bits per heavy atom. The zero-order valence-electron chi connectivity index (χ0n) is 18.1. The van der Waals surface area contributed by atoms with Gasteiger partial charge in [-0.3, -0.25) is 4.40 Å². The summed E-state index contributed by atoms with van der Waals surface area (Å²) < 4.78 is 25.8. The lowest BCUT2D eigenvalue weighted by atomic mass is 9.53. The largest absolute Gasteiger partial charge is 0.465 e. The van der Waals surface area contributed by atoms with Crippen LogP contribution in [0.15, 0.2) is 47.1 Å². The summed E-state index contributed by atoms with van der Waals surface area (Å²) in [6.07, 6.45) is 7.39. The number of hydrogen-bond donors (Lipinski definition) is 0. The molecule has 9 heteroatoms.